The summed E-state index contributed by atoms with van der Waals surface area (Å²) in [7, 11) is -3.78. The highest BCUT2D eigenvalue weighted by Crippen LogP contribution is 2.31. The fourth-order valence-corrected chi connectivity index (χ4v) is 5.18. The Morgan fingerprint density at radius 2 is 1.77 bits per heavy atom. The van der Waals surface area contributed by atoms with E-state index in [1.807, 2.05) is 36.6 Å². The molecule has 0 fully saturated rings. The van der Waals surface area contributed by atoms with Crippen LogP contribution in [-0.4, -0.2) is 18.0 Å². The lowest BCUT2D eigenvalue weighted by Crippen LogP contribution is -2.16. The molecule has 5 nitrogen and oxygen atoms in total. The molecule has 1 N–H and O–H groups in total. The lowest BCUT2D eigenvalue weighted by atomic mass is 9.87. The summed E-state index contributed by atoms with van der Waals surface area (Å²) in [6.45, 7) is 8.29. The minimum atomic E-state index is -3.78. The molecule has 8 heteroatoms. The van der Waals surface area contributed by atoms with E-state index >= 15 is 0 Å². The first-order chi connectivity index (χ1) is 14.1. The monoisotopic (exact) mass is 459 g/mol. The molecular formula is C22H22ClN3O2S2. The number of thiophene rings is 1. The Balaban J connectivity index is 1.74. The highest BCUT2D eigenvalue weighted by atomic mass is 35.5. The molecule has 4 aromatic rings. The number of aryl methyl sites for hydroxylation is 1. The molecular weight excluding hydrogens is 438 g/mol. The summed E-state index contributed by atoms with van der Waals surface area (Å²) in [6.07, 6.45) is 0. The van der Waals surface area contributed by atoms with Crippen LogP contribution in [0.2, 0.25) is 5.02 Å². The van der Waals surface area contributed by atoms with Gasteiger partial charge in [0.25, 0.3) is 10.0 Å². The van der Waals surface area contributed by atoms with E-state index in [2.05, 4.69) is 30.6 Å². The number of halogens is 1. The number of hydrogen-bond acceptors (Lipinski definition) is 4. The number of pyridine rings is 1. The quantitative estimate of drug-likeness (QED) is 0.399. The van der Waals surface area contributed by atoms with Crippen molar-refractivity contribution in [2.45, 2.75) is 38.0 Å². The van der Waals surface area contributed by atoms with E-state index in [0.29, 0.717) is 16.4 Å². The summed E-state index contributed by atoms with van der Waals surface area (Å²) < 4.78 is 30.2. The van der Waals surface area contributed by atoms with Crippen LogP contribution in [0.25, 0.3) is 16.8 Å². The van der Waals surface area contributed by atoms with Crippen LogP contribution in [0.5, 0.6) is 0 Å². The van der Waals surface area contributed by atoms with Crippen molar-refractivity contribution in [1.82, 2.24) is 9.61 Å². The largest absolute Gasteiger partial charge is 0.263 e. The van der Waals surface area contributed by atoms with Crippen molar-refractivity contribution in [3.05, 3.63) is 69.4 Å². The Kier molecular flexibility index (Phi) is 5.16. The molecule has 4 rings (SSSR count). The molecule has 0 aliphatic carbocycles. The van der Waals surface area contributed by atoms with Crippen molar-refractivity contribution >= 4 is 44.3 Å². The number of sulfonamides is 1. The van der Waals surface area contributed by atoms with Crippen molar-refractivity contribution in [2.75, 3.05) is 4.72 Å². The zero-order valence-electron chi connectivity index (χ0n) is 17.1. The Bertz CT molecular complexity index is 1330. The fraction of sp³-hybridized carbons (Fsp3) is 0.227. The van der Waals surface area contributed by atoms with E-state index < -0.39 is 10.0 Å². The van der Waals surface area contributed by atoms with Gasteiger partial charge >= 0.3 is 0 Å². The molecule has 0 saturated heterocycles. The Labute approximate surface area is 185 Å². The number of benzene rings is 1. The minimum absolute atomic E-state index is 0.0523. The lowest BCUT2D eigenvalue weighted by Gasteiger charge is -2.19. The van der Waals surface area contributed by atoms with Crippen LogP contribution in [0.1, 0.15) is 31.2 Å². The van der Waals surface area contributed by atoms with Gasteiger partial charge in [-0.3, -0.25) is 4.72 Å². The Morgan fingerprint density at radius 3 is 2.37 bits per heavy atom. The first-order valence-electron chi connectivity index (χ1n) is 9.42. The van der Waals surface area contributed by atoms with Crippen LogP contribution in [0.3, 0.4) is 0 Å². The van der Waals surface area contributed by atoms with Crippen molar-refractivity contribution in [3.63, 3.8) is 0 Å². The number of nitrogens with one attached hydrogen (secondary N) is 1. The number of aromatic nitrogens is 2. The average Bonchev–Trinajstić information content (AvgIpc) is 3.30. The summed E-state index contributed by atoms with van der Waals surface area (Å²) in [6, 6.07) is 14.1. The predicted octanol–water partition coefficient (Wildman–Crippen LogP) is 6.12. The third-order valence-electron chi connectivity index (χ3n) is 4.97. The van der Waals surface area contributed by atoms with Gasteiger partial charge in [0.2, 0.25) is 0 Å². The van der Waals surface area contributed by atoms with E-state index in [1.165, 1.54) is 4.52 Å². The molecule has 1 aromatic carbocycles. The number of hydrogen-bond donors (Lipinski definition) is 1. The van der Waals surface area contributed by atoms with Crippen LogP contribution in [0, 0.1) is 6.92 Å². The standard InChI is InChI=1S/C22H22ClN3O2S2/c1-14-17(11-12-29-14)19-13-20-18(23)9-10-21(26(20)24-19)25-30(27,28)16-7-5-15(6-8-16)22(2,3)4/h5-13,25H,1-4H3. The molecule has 0 aliphatic rings. The molecule has 0 amide bonds. The molecule has 0 spiro atoms. The van der Waals surface area contributed by atoms with Crippen molar-refractivity contribution in [2.24, 2.45) is 0 Å². The third-order valence-corrected chi connectivity index (χ3v) is 7.51. The van der Waals surface area contributed by atoms with Gasteiger partial charge in [-0.15, -0.1) is 11.3 Å². The molecule has 0 unspecified atom stereocenters. The highest BCUT2D eigenvalue weighted by Gasteiger charge is 2.20. The molecule has 156 valence electrons. The maximum atomic E-state index is 13.0. The van der Waals surface area contributed by atoms with Crippen molar-refractivity contribution in [1.29, 1.82) is 0 Å². The average molecular weight is 460 g/mol. The lowest BCUT2D eigenvalue weighted by molar-refractivity contribution is 0.587. The molecule has 0 aliphatic heterocycles. The first-order valence-corrected chi connectivity index (χ1v) is 12.2. The Hall–Kier alpha value is -2.35. The fourth-order valence-electron chi connectivity index (χ4n) is 3.23. The van der Waals surface area contributed by atoms with E-state index in [9.17, 15) is 8.42 Å². The normalized spacial score (nSPS) is 12.4. The predicted molar refractivity (Wildman–Crippen MR) is 124 cm³/mol. The molecule has 3 aromatic heterocycles. The van der Waals surface area contributed by atoms with Gasteiger partial charge in [0.05, 0.1) is 21.1 Å². The smallest absolute Gasteiger partial charge is 0.263 e. The number of rotatable bonds is 4. The highest BCUT2D eigenvalue weighted by molar-refractivity contribution is 7.92. The third kappa shape index (κ3) is 3.85. The number of anilines is 1. The molecule has 30 heavy (non-hydrogen) atoms. The molecule has 3 heterocycles. The van der Waals surface area contributed by atoms with Gasteiger partial charge in [-0.05, 0) is 59.7 Å². The van der Waals surface area contributed by atoms with Gasteiger partial charge < -0.3 is 0 Å². The summed E-state index contributed by atoms with van der Waals surface area (Å²) in [5.41, 5.74) is 3.41. The second kappa shape index (κ2) is 7.41. The second-order valence-corrected chi connectivity index (χ2v) is 11.4. The zero-order chi connectivity index (χ0) is 21.7. The van der Waals surface area contributed by atoms with Gasteiger partial charge in [-0.1, -0.05) is 44.5 Å². The van der Waals surface area contributed by atoms with E-state index in [1.54, 1.807) is 35.6 Å². The van der Waals surface area contributed by atoms with E-state index in [-0.39, 0.29) is 10.3 Å². The number of nitrogens with zero attached hydrogens (tertiary/aromatic N) is 2. The molecule has 0 radical (unpaired) electrons. The minimum Gasteiger partial charge on any atom is -0.263 e. The van der Waals surface area contributed by atoms with Crippen LogP contribution in [0.4, 0.5) is 5.82 Å². The number of fused-ring (bicyclic) bond motifs is 1. The first kappa shape index (κ1) is 20.9. The van der Waals surface area contributed by atoms with Gasteiger partial charge in [-0.2, -0.15) is 5.10 Å². The molecule has 0 saturated carbocycles. The van der Waals surface area contributed by atoms with Crippen molar-refractivity contribution < 1.29 is 8.42 Å². The zero-order valence-corrected chi connectivity index (χ0v) is 19.5. The summed E-state index contributed by atoms with van der Waals surface area (Å²) in [5.74, 6) is 0.327. The van der Waals surface area contributed by atoms with Crippen LogP contribution in [0.15, 0.2) is 58.8 Å². The maximum absolute atomic E-state index is 13.0. The SMILES string of the molecule is Cc1sccc1-c1cc2c(Cl)ccc(NS(=O)(=O)c3ccc(C(C)(C)C)cc3)n2n1. The molecule has 0 bridgehead atoms. The van der Waals surface area contributed by atoms with Crippen LogP contribution in [-0.2, 0) is 15.4 Å². The summed E-state index contributed by atoms with van der Waals surface area (Å²) in [5, 5.41) is 7.11. The molecule has 0 atom stereocenters. The summed E-state index contributed by atoms with van der Waals surface area (Å²) in [4.78, 5) is 1.33. The van der Waals surface area contributed by atoms with Gasteiger partial charge in [-0.25, -0.2) is 12.9 Å². The van der Waals surface area contributed by atoms with Crippen molar-refractivity contribution in [3.8, 4) is 11.3 Å². The van der Waals surface area contributed by atoms with Gasteiger partial charge in [0, 0.05) is 10.4 Å². The van der Waals surface area contributed by atoms with Crippen LogP contribution >= 0.6 is 22.9 Å². The topological polar surface area (TPSA) is 63.5 Å². The van der Waals surface area contributed by atoms with Gasteiger partial charge in [0.1, 0.15) is 5.82 Å². The maximum Gasteiger partial charge on any atom is 0.263 e. The van der Waals surface area contributed by atoms with Crippen LogP contribution < -0.4 is 4.72 Å². The van der Waals surface area contributed by atoms with E-state index in [4.69, 9.17) is 11.6 Å². The second-order valence-electron chi connectivity index (χ2n) is 8.16. The van der Waals surface area contributed by atoms with E-state index in [0.717, 1.165) is 21.7 Å². The van der Waals surface area contributed by atoms with Gasteiger partial charge in [0.15, 0.2) is 0 Å². The Morgan fingerprint density at radius 1 is 1.07 bits per heavy atom. The summed E-state index contributed by atoms with van der Waals surface area (Å²) >= 11 is 7.99.